The van der Waals surface area contributed by atoms with Crippen molar-refractivity contribution in [2.45, 2.75) is 34.6 Å². The molecule has 1 heterocycles. The lowest BCUT2D eigenvalue weighted by Gasteiger charge is -2.40. The molecule has 6 nitrogen and oxygen atoms in total. The maximum absolute atomic E-state index is 12.1. The molecular weight excluding hydrogens is 374 g/mol. The Kier molecular flexibility index (Phi) is 5.17. The third-order valence-electron chi connectivity index (χ3n) is 2.41. The molecule has 0 radical (unpaired) electrons. The quantitative estimate of drug-likeness (QED) is 0.358. The van der Waals surface area contributed by atoms with Gasteiger partial charge in [-0.25, -0.2) is 0 Å². The van der Waals surface area contributed by atoms with E-state index >= 15 is 0 Å². The molecule has 1 aliphatic heterocycles. The van der Waals surface area contributed by atoms with Gasteiger partial charge in [0, 0.05) is 0 Å². The van der Waals surface area contributed by atoms with Gasteiger partial charge < -0.3 is 25.4 Å². The number of halogens is 4. The van der Waals surface area contributed by atoms with E-state index in [1.807, 2.05) is 0 Å². The monoisotopic (exact) mass is 385 g/mol. The van der Waals surface area contributed by atoms with Gasteiger partial charge in [0.25, 0.3) is 0 Å². The van der Waals surface area contributed by atoms with Gasteiger partial charge in [0.05, 0.1) is 22.7 Å². The second kappa shape index (κ2) is 5.86. The molecule has 1 fully saturated rings. The molecule has 0 aromatic rings. The molecule has 0 aromatic heterocycles. The molecule has 106 valence electrons. The number of ether oxygens (including phenoxy) is 1. The number of aliphatic hydroxyl groups excluding tert-OH is 3. The standard InChI is InChI=1S/C8H11F3INO5/c9-8(10,11)7(17)13-4-3(12)5(15)2(1-14)18-6(4)16/h2-6,14-16H,1H2,(H,13,17)/t2-,3+,4-,5-,6+/m1/s1. The minimum atomic E-state index is -5.09. The Morgan fingerprint density at radius 1 is 1.39 bits per heavy atom. The van der Waals surface area contributed by atoms with E-state index in [0.717, 1.165) is 0 Å². The van der Waals surface area contributed by atoms with Gasteiger partial charge in [-0.3, -0.25) is 4.79 Å². The summed E-state index contributed by atoms with van der Waals surface area (Å²) in [4.78, 5) is 10.7. The molecule has 1 rings (SSSR count). The van der Waals surface area contributed by atoms with E-state index in [1.54, 1.807) is 27.9 Å². The van der Waals surface area contributed by atoms with E-state index in [1.165, 1.54) is 0 Å². The highest BCUT2D eigenvalue weighted by Crippen LogP contribution is 2.27. The Labute approximate surface area is 113 Å². The fraction of sp³-hybridized carbons (Fsp3) is 0.875. The Bertz CT molecular complexity index is 316. The predicted octanol–water partition coefficient (Wildman–Crippen LogP) is -1.09. The van der Waals surface area contributed by atoms with Gasteiger partial charge in [-0.1, -0.05) is 22.6 Å². The van der Waals surface area contributed by atoms with Crippen LogP contribution in [0.3, 0.4) is 0 Å². The van der Waals surface area contributed by atoms with E-state index in [9.17, 15) is 28.2 Å². The Morgan fingerprint density at radius 3 is 2.39 bits per heavy atom. The zero-order chi connectivity index (χ0) is 14.1. The van der Waals surface area contributed by atoms with Gasteiger partial charge in [0.2, 0.25) is 0 Å². The van der Waals surface area contributed by atoms with Crippen molar-refractivity contribution in [2.24, 2.45) is 0 Å². The highest BCUT2D eigenvalue weighted by atomic mass is 127. The fourth-order valence-corrected chi connectivity index (χ4v) is 2.45. The third-order valence-corrected chi connectivity index (χ3v) is 3.92. The largest absolute Gasteiger partial charge is 0.471 e. The minimum absolute atomic E-state index is 0.600. The summed E-state index contributed by atoms with van der Waals surface area (Å²) in [6.45, 7) is -0.600. The normalized spacial score (nSPS) is 37.4. The molecule has 18 heavy (non-hydrogen) atoms. The van der Waals surface area contributed by atoms with Crippen molar-refractivity contribution in [2.75, 3.05) is 6.61 Å². The highest BCUT2D eigenvalue weighted by Gasteiger charge is 2.47. The number of carbonyl (C=O) groups excluding carboxylic acids is 1. The van der Waals surface area contributed by atoms with Crippen LogP contribution in [0.2, 0.25) is 0 Å². The van der Waals surface area contributed by atoms with Crippen LogP contribution < -0.4 is 5.32 Å². The van der Waals surface area contributed by atoms with Crippen LogP contribution in [0.1, 0.15) is 0 Å². The number of alkyl halides is 4. The van der Waals surface area contributed by atoms with Crippen LogP contribution in [0, 0.1) is 0 Å². The second-order valence-electron chi connectivity index (χ2n) is 3.68. The SMILES string of the molecule is O=C(N[C@@H]1[C@H](I)[C@H](O)[C@@H](CO)O[C@@H]1O)C(F)(F)F. The first kappa shape index (κ1) is 15.9. The summed E-state index contributed by atoms with van der Waals surface area (Å²) in [5, 5.41) is 29.4. The number of aliphatic hydroxyl groups is 3. The highest BCUT2D eigenvalue weighted by molar-refractivity contribution is 14.1. The lowest BCUT2D eigenvalue weighted by atomic mass is 10.0. The summed E-state index contributed by atoms with van der Waals surface area (Å²) in [6, 6.07) is -1.42. The summed E-state index contributed by atoms with van der Waals surface area (Å²) in [5.41, 5.74) is 0. The van der Waals surface area contributed by atoms with E-state index < -0.39 is 47.2 Å². The molecule has 10 heteroatoms. The molecular formula is C8H11F3INO5. The van der Waals surface area contributed by atoms with Crippen molar-refractivity contribution in [1.29, 1.82) is 0 Å². The number of hydrogen-bond donors (Lipinski definition) is 4. The summed E-state index contributed by atoms with van der Waals surface area (Å²) in [5.74, 6) is -2.23. The summed E-state index contributed by atoms with van der Waals surface area (Å²) in [6.07, 6.45) is -9.24. The molecule has 0 unspecified atom stereocenters. The van der Waals surface area contributed by atoms with Crippen molar-refractivity contribution < 1.29 is 38.0 Å². The van der Waals surface area contributed by atoms with Gasteiger partial charge in [-0.15, -0.1) is 0 Å². The first-order chi connectivity index (χ1) is 8.18. The third kappa shape index (κ3) is 3.44. The molecule has 4 N–H and O–H groups in total. The average molecular weight is 385 g/mol. The van der Waals surface area contributed by atoms with Gasteiger partial charge in [0.1, 0.15) is 6.10 Å². The number of amides is 1. The van der Waals surface area contributed by atoms with Gasteiger partial charge in [0.15, 0.2) is 6.29 Å². The lowest BCUT2D eigenvalue weighted by Crippen LogP contribution is -2.63. The molecule has 5 atom stereocenters. The number of hydrogen-bond acceptors (Lipinski definition) is 5. The average Bonchev–Trinajstić information content (AvgIpc) is 2.27. The number of carbonyl (C=O) groups is 1. The zero-order valence-corrected chi connectivity index (χ0v) is 10.9. The molecule has 0 bridgehead atoms. The molecule has 1 amide bonds. The van der Waals surface area contributed by atoms with Crippen molar-refractivity contribution in [3.8, 4) is 0 Å². The fourth-order valence-electron chi connectivity index (χ4n) is 1.45. The number of nitrogens with one attached hydrogen (secondary N) is 1. The number of rotatable bonds is 2. The van der Waals surface area contributed by atoms with Crippen LogP contribution in [-0.2, 0) is 9.53 Å². The van der Waals surface area contributed by atoms with E-state index in [-0.39, 0.29) is 0 Å². The Balaban J connectivity index is 2.74. The predicted molar refractivity (Wildman–Crippen MR) is 59.8 cm³/mol. The Hall–Kier alpha value is -0.170. The smallest absolute Gasteiger partial charge is 0.394 e. The Morgan fingerprint density at radius 2 is 1.94 bits per heavy atom. The molecule has 0 spiro atoms. The van der Waals surface area contributed by atoms with Crippen LogP contribution in [0.5, 0.6) is 0 Å². The van der Waals surface area contributed by atoms with Gasteiger partial charge in [-0.2, -0.15) is 13.2 Å². The van der Waals surface area contributed by atoms with Crippen LogP contribution in [0.4, 0.5) is 13.2 Å². The van der Waals surface area contributed by atoms with Crippen LogP contribution in [-0.4, -0.2) is 62.5 Å². The van der Waals surface area contributed by atoms with Crippen molar-refractivity contribution >= 4 is 28.5 Å². The van der Waals surface area contributed by atoms with E-state index in [4.69, 9.17) is 9.84 Å². The maximum atomic E-state index is 12.1. The lowest BCUT2D eigenvalue weighted by molar-refractivity contribution is -0.220. The summed E-state index contributed by atoms with van der Waals surface area (Å²) >= 11 is 1.58. The minimum Gasteiger partial charge on any atom is -0.394 e. The first-order valence-electron chi connectivity index (χ1n) is 4.82. The summed E-state index contributed by atoms with van der Waals surface area (Å²) < 4.78 is 40.0. The summed E-state index contributed by atoms with van der Waals surface area (Å²) in [7, 11) is 0. The molecule has 1 saturated heterocycles. The molecule has 0 aromatic carbocycles. The zero-order valence-electron chi connectivity index (χ0n) is 8.76. The van der Waals surface area contributed by atoms with Crippen molar-refractivity contribution in [3.05, 3.63) is 0 Å². The first-order valence-corrected chi connectivity index (χ1v) is 6.07. The van der Waals surface area contributed by atoms with Crippen molar-refractivity contribution in [1.82, 2.24) is 5.32 Å². The van der Waals surface area contributed by atoms with E-state index in [0.29, 0.717) is 0 Å². The molecule has 0 aliphatic carbocycles. The van der Waals surface area contributed by atoms with Crippen LogP contribution in [0.15, 0.2) is 0 Å². The van der Waals surface area contributed by atoms with Crippen LogP contribution >= 0.6 is 22.6 Å². The molecule has 0 saturated carbocycles. The van der Waals surface area contributed by atoms with Gasteiger partial charge >= 0.3 is 12.1 Å². The topological polar surface area (TPSA) is 99.0 Å². The van der Waals surface area contributed by atoms with Crippen molar-refractivity contribution in [3.63, 3.8) is 0 Å². The van der Waals surface area contributed by atoms with E-state index in [2.05, 4.69) is 0 Å². The molecule has 1 aliphatic rings. The van der Waals surface area contributed by atoms with Gasteiger partial charge in [-0.05, 0) is 0 Å². The maximum Gasteiger partial charge on any atom is 0.471 e. The van der Waals surface area contributed by atoms with Crippen LogP contribution in [0.25, 0.3) is 0 Å². The second-order valence-corrected chi connectivity index (χ2v) is 5.12.